The van der Waals surface area contributed by atoms with Gasteiger partial charge in [-0.2, -0.15) is 9.71 Å². The smallest absolute Gasteiger partial charge is 0.280 e. The Morgan fingerprint density at radius 3 is 3.03 bits per heavy atom. The SMILES string of the molecule is CCCCOC[C@H]1O[C@@H](n2cnc3c(=O)[nH]c(N)nc32)[C@H](On2ccnc2)[C@@H]1O. The summed E-state index contributed by atoms with van der Waals surface area (Å²) in [5.74, 6) is -0.0469. The summed E-state index contributed by atoms with van der Waals surface area (Å²) in [5.41, 5.74) is 5.57. The number of anilines is 1. The summed E-state index contributed by atoms with van der Waals surface area (Å²) < 4.78 is 14.6. The molecule has 1 aliphatic rings. The van der Waals surface area contributed by atoms with Gasteiger partial charge in [0.2, 0.25) is 5.95 Å². The highest BCUT2D eigenvalue weighted by Gasteiger charge is 2.48. The zero-order chi connectivity index (χ0) is 20.4. The van der Waals surface area contributed by atoms with Gasteiger partial charge in [-0.3, -0.25) is 14.3 Å². The molecular weight excluding hydrogens is 382 g/mol. The number of aromatic nitrogens is 6. The number of rotatable bonds is 8. The van der Waals surface area contributed by atoms with Gasteiger partial charge in [0.15, 0.2) is 23.5 Å². The van der Waals surface area contributed by atoms with E-state index in [1.54, 1.807) is 12.4 Å². The second-order valence-corrected chi connectivity index (χ2v) is 6.75. The molecule has 4 rings (SSSR count). The van der Waals surface area contributed by atoms with Crippen LogP contribution in [0, 0.1) is 0 Å². The monoisotopic (exact) mass is 405 g/mol. The van der Waals surface area contributed by atoms with Crippen LogP contribution in [0.15, 0.2) is 29.8 Å². The number of nitrogens with zero attached hydrogens (tertiary/aromatic N) is 5. The number of H-pyrrole nitrogens is 1. The van der Waals surface area contributed by atoms with Crippen LogP contribution in [0.4, 0.5) is 5.95 Å². The van der Waals surface area contributed by atoms with Crippen LogP contribution in [0.2, 0.25) is 0 Å². The number of imidazole rings is 2. The average Bonchev–Trinajstić information content (AvgIpc) is 3.41. The molecule has 12 heteroatoms. The van der Waals surface area contributed by atoms with Crippen molar-refractivity contribution >= 4 is 17.1 Å². The third-order valence-corrected chi connectivity index (χ3v) is 4.69. The van der Waals surface area contributed by atoms with E-state index in [1.165, 1.54) is 22.0 Å². The molecule has 0 bridgehead atoms. The molecule has 3 aromatic rings. The molecule has 0 unspecified atom stereocenters. The number of nitrogens with two attached hydrogens (primary N) is 1. The van der Waals surface area contributed by atoms with Gasteiger partial charge in [-0.25, -0.2) is 9.97 Å². The number of fused-ring (bicyclic) bond motifs is 1. The maximum absolute atomic E-state index is 12.1. The summed E-state index contributed by atoms with van der Waals surface area (Å²) in [7, 11) is 0. The Kier molecular flexibility index (Phi) is 5.47. The first-order valence-corrected chi connectivity index (χ1v) is 9.37. The Bertz CT molecular complexity index is 1000. The summed E-state index contributed by atoms with van der Waals surface area (Å²) in [6, 6.07) is 0. The molecule has 4 N–H and O–H groups in total. The van der Waals surface area contributed by atoms with Crippen molar-refractivity contribution in [3.05, 3.63) is 35.4 Å². The van der Waals surface area contributed by atoms with Crippen LogP contribution >= 0.6 is 0 Å². The van der Waals surface area contributed by atoms with Gasteiger partial charge in [-0.15, -0.1) is 0 Å². The van der Waals surface area contributed by atoms with E-state index in [9.17, 15) is 9.90 Å². The number of aromatic amines is 1. The predicted molar refractivity (Wildman–Crippen MR) is 101 cm³/mol. The molecule has 0 spiro atoms. The van der Waals surface area contributed by atoms with Gasteiger partial charge in [0.1, 0.15) is 18.5 Å². The molecule has 12 nitrogen and oxygen atoms in total. The van der Waals surface area contributed by atoms with E-state index in [4.69, 9.17) is 20.0 Å². The first-order chi connectivity index (χ1) is 14.1. The van der Waals surface area contributed by atoms with Crippen molar-refractivity contribution in [3.63, 3.8) is 0 Å². The van der Waals surface area contributed by atoms with Gasteiger partial charge in [0.05, 0.1) is 19.1 Å². The van der Waals surface area contributed by atoms with E-state index in [1.807, 2.05) is 0 Å². The lowest BCUT2D eigenvalue weighted by Crippen LogP contribution is -2.41. The minimum Gasteiger partial charge on any atom is -0.402 e. The Morgan fingerprint density at radius 1 is 1.41 bits per heavy atom. The van der Waals surface area contributed by atoms with Gasteiger partial charge in [-0.05, 0) is 6.42 Å². The van der Waals surface area contributed by atoms with Crippen molar-refractivity contribution in [1.29, 1.82) is 0 Å². The van der Waals surface area contributed by atoms with E-state index in [0.29, 0.717) is 6.61 Å². The molecule has 0 aromatic carbocycles. The fourth-order valence-electron chi connectivity index (χ4n) is 3.22. The fraction of sp³-hybridized carbons (Fsp3) is 0.529. The molecule has 1 saturated heterocycles. The van der Waals surface area contributed by atoms with Crippen LogP contribution < -0.4 is 16.1 Å². The average molecular weight is 405 g/mol. The first kappa shape index (κ1) is 19.4. The Labute approximate surface area is 165 Å². The quantitative estimate of drug-likeness (QED) is 0.419. The summed E-state index contributed by atoms with van der Waals surface area (Å²) in [6.45, 7) is 2.84. The van der Waals surface area contributed by atoms with Crippen molar-refractivity contribution < 1.29 is 19.4 Å². The van der Waals surface area contributed by atoms with E-state index in [2.05, 4.69) is 26.9 Å². The maximum atomic E-state index is 12.1. The van der Waals surface area contributed by atoms with Crippen molar-refractivity contribution in [2.75, 3.05) is 18.9 Å². The van der Waals surface area contributed by atoms with Crippen molar-refractivity contribution in [3.8, 4) is 0 Å². The summed E-state index contributed by atoms with van der Waals surface area (Å²) in [6.07, 6.45) is 4.66. The molecule has 0 amide bonds. The molecule has 1 aliphatic heterocycles. The molecule has 156 valence electrons. The van der Waals surface area contributed by atoms with Crippen LogP contribution in [0.3, 0.4) is 0 Å². The lowest BCUT2D eigenvalue weighted by atomic mass is 10.1. The molecule has 4 atom stereocenters. The van der Waals surface area contributed by atoms with E-state index < -0.39 is 30.1 Å². The molecule has 0 saturated carbocycles. The lowest BCUT2D eigenvalue weighted by Gasteiger charge is -2.22. The number of hydrogen-bond acceptors (Lipinski definition) is 9. The number of nitrogens with one attached hydrogen (secondary N) is 1. The molecule has 29 heavy (non-hydrogen) atoms. The second-order valence-electron chi connectivity index (χ2n) is 6.75. The number of ether oxygens (including phenoxy) is 2. The molecular formula is C17H23N7O5. The van der Waals surface area contributed by atoms with Crippen molar-refractivity contribution in [1.82, 2.24) is 29.2 Å². The summed E-state index contributed by atoms with van der Waals surface area (Å²) in [5, 5.41) is 10.8. The summed E-state index contributed by atoms with van der Waals surface area (Å²) >= 11 is 0. The van der Waals surface area contributed by atoms with Crippen LogP contribution in [0.1, 0.15) is 26.0 Å². The topological polar surface area (TPSA) is 155 Å². The number of aliphatic hydroxyl groups is 1. The standard InChI is InChI=1S/C17H23N7O5/c1-2-3-6-27-7-10-12(25)13(29-23-5-4-19-8-23)16(28-10)24-9-20-11-14(24)21-17(18)22-15(11)26/h4-5,8-10,12-13,16,25H,2-3,6-7H2,1H3,(H3,18,21,22,26)/t10-,12-,13-,16-/m1/s1. The van der Waals surface area contributed by atoms with Crippen molar-refractivity contribution in [2.24, 2.45) is 0 Å². The molecule has 0 radical (unpaired) electrons. The molecule has 0 aliphatic carbocycles. The Balaban J connectivity index is 1.64. The van der Waals surface area contributed by atoms with E-state index >= 15 is 0 Å². The van der Waals surface area contributed by atoms with Gasteiger partial charge in [-0.1, -0.05) is 13.3 Å². The van der Waals surface area contributed by atoms with Gasteiger partial charge >= 0.3 is 0 Å². The van der Waals surface area contributed by atoms with E-state index in [0.717, 1.165) is 12.8 Å². The largest absolute Gasteiger partial charge is 0.402 e. The summed E-state index contributed by atoms with van der Waals surface area (Å²) in [4.78, 5) is 32.6. The molecule has 3 aromatic heterocycles. The van der Waals surface area contributed by atoms with E-state index in [-0.39, 0.29) is 23.7 Å². The van der Waals surface area contributed by atoms with Crippen LogP contribution in [0.25, 0.3) is 11.2 Å². The number of unbranched alkanes of at least 4 members (excludes halogenated alkanes) is 1. The number of aliphatic hydroxyl groups excluding tert-OH is 1. The zero-order valence-corrected chi connectivity index (χ0v) is 15.8. The highest BCUT2D eigenvalue weighted by Crippen LogP contribution is 2.32. The maximum Gasteiger partial charge on any atom is 0.280 e. The third kappa shape index (κ3) is 3.81. The van der Waals surface area contributed by atoms with Crippen LogP contribution in [-0.2, 0) is 9.47 Å². The van der Waals surface area contributed by atoms with Crippen LogP contribution in [0.5, 0.6) is 0 Å². The van der Waals surface area contributed by atoms with Gasteiger partial charge in [0.25, 0.3) is 5.56 Å². The minimum absolute atomic E-state index is 0.0469. The van der Waals surface area contributed by atoms with Crippen molar-refractivity contribution in [2.45, 2.75) is 44.3 Å². The number of hydrogen-bond donors (Lipinski definition) is 3. The Morgan fingerprint density at radius 2 is 2.28 bits per heavy atom. The van der Waals surface area contributed by atoms with Crippen LogP contribution in [-0.4, -0.2) is 65.9 Å². The second kappa shape index (κ2) is 8.19. The highest BCUT2D eigenvalue weighted by atomic mass is 16.7. The minimum atomic E-state index is -0.999. The Hall–Kier alpha value is -2.96. The lowest BCUT2D eigenvalue weighted by molar-refractivity contribution is -0.0785. The first-order valence-electron chi connectivity index (χ1n) is 9.37. The molecule has 4 heterocycles. The zero-order valence-electron chi connectivity index (χ0n) is 15.8. The molecule has 1 fully saturated rings. The van der Waals surface area contributed by atoms with Gasteiger partial charge in [0, 0.05) is 12.8 Å². The number of nitrogen functional groups attached to an aromatic ring is 1. The van der Waals surface area contributed by atoms with Gasteiger partial charge < -0.3 is 25.2 Å². The third-order valence-electron chi connectivity index (χ3n) is 4.69. The highest BCUT2D eigenvalue weighted by molar-refractivity contribution is 5.70. The predicted octanol–water partition coefficient (Wildman–Crippen LogP) is -0.529. The fourth-order valence-corrected chi connectivity index (χ4v) is 3.22. The normalized spacial score (nSPS) is 24.3.